The summed E-state index contributed by atoms with van der Waals surface area (Å²) >= 11 is 0. The van der Waals surface area contributed by atoms with E-state index in [9.17, 15) is 8.42 Å². The maximum Gasteiger partial charge on any atom is 0.240 e. The van der Waals surface area contributed by atoms with Crippen LogP contribution in [-0.2, 0) is 10.0 Å². The molecule has 2 rings (SSSR count). The third-order valence-corrected chi connectivity index (χ3v) is 5.71. The molecule has 2 aromatic rings. The molecule has 2 aromatic carbocycles. The molecule has 5 heteroatoms. The van der Waals surface area contributed by atoms with E-state index >= 15 is 0 Å². The van der Waals surface area contributed by atoms with E-state index in [1.807, 2.05) is 44.2 Å². The van der Waals surface area contributed by atoms with Gasteiger partial charge in [-0.05, 0) is 48.6 Å². The van der Waals surface area contributed by atoms with Crippen molar-refractivity contribution in [1.82, 2.24) is 4.72 Å². The molecule has 0 aromatic heterocycles. The van der Waals surface area contributed by atoms with Crippen LogP contribution in [0.15, 0.2) is 47.4 Å². The van der Waals surface area contributed by atoms with Crippen molar-refractivity contribution in [2.75, 3.05) is 13.7 Å². The molecule has 1 N–H and O–H groups in total. The lowest BCUT2D eigenvalue weighted by atomic mass is 10.0. The van der Waals surface area contributed by atoms with Crippen molar-refractivity contribution >= 4 is 10.0 Å². The van der Waals surface area contributed by atoms with Gasteiger partial charge in [-0.2, -0.15) is 0 Å². The van der Waals surface area contributed by atoms with Crippen molar-refractivity contribution in [2.24, 2.45) is 0 Å². The van der Waals surface area contributed by atoms with Crippen LogP contribution in [0, 0.1) is 13.8 Å². The molecule has 0 aliphatic rings. The van der Waals surface area contributed by atoms with Crippen LogP contribution < -0.4 is 9.46 Å². The smallest absolute Gasteiger partial charge is 0.240 e. The number of rotatable bonds is 6. The molecular formula is C18H23NO3S. The molecule has 0 bridgehead atoms. The number of ether oxygens (including phenoxy) is 1. The van der Waals surface area contributed by atoms with E-state index in [0.717, 1.165) is 11.1 Å². The van der Waals surface area contributed by atoms with Crippen molar-refractivity contribution in [3.63, 3.8) is 0 Å². The van der Waals surface area contributed by atoms with Crippen LogP contribution in [0.4, 0.5) is 0 Å². The lowest BCUT2D eigenvalue weighted by Gasteiger charge is -2.16. The lowest BCUT2D eigenvalue weighted by Crippen LogP contribution is -2.28. The molecule has 0 amide bonds. The summed E-state index contributed by atoms with van der Waals surface area (Å²) in [6.45, 7) is 6.02. The summed E-state index contributed by atoms with van der Waals surface area (Å²) < 4.78 is 33.1. The zero-order chi connectivity index (χ0) is 17.0. The van der Waals surface area contributed by atoms with Gasteiger partial charge >= 0.3 is 0 Å². The zero-order valence-corrected chi connectivity index (χ0v) is 14.8. The molecular weight excluding hydrogens is 310 g/mol. The van der Waals surface area contributed by atoms with E-state index in [-0.39, 0.29) is 5.92 Å². The molecule has 0 aliphatic heterocycles. The summed E-state index contributed by atoms with van der Waals surface area (Å²) in [5.41, 5.74) is 2.66. The second-order valence-corrected chi connectivity index (χ2v) is 7.41. The number of sulfonamides is 1. The molecule has 0 spiro atoms. The van der Waals surface area contributed by atoms with Crippen LogP contribution in [0.1, 0.15) is 29.5 Å². The number of benzene rings is 2. The van der Waals surface area contributed by atoms with Gasteiger partial charge < -0.3 is 4.74 Å². The highest BCUT2D eigenvalue weighted by Crippen LogP contribution is 2.27. The predicted octanol–water partition coefficient (Wildman–Crippen LogP) is 3.39. The molecule has 0 fully saturated rings. The van der Waals surface area contributed by atoms with E-state index in [4.69, 9.17) is 4.74 Å². The number of nitrogens with one attached hydrogen (secondary N) is 1. The van der Waals surface area contributed by atoms with Crippen molar-refractivity contribution in [3.05, 3.63) is 59.2 Å². The van der Waals surface area contributed by atoms with Crippen molar-refractivity contribution in [3.8, 4) is 5.75 Å². The minimum atomic E-state index is -3.55. The van der Waals surface area contributed by atoms with Gasteiger partial charge in [0.1, 0.15) is 5.75 Å². The molecule has 0 unspecified atom stereocenters. The van der Waals surface area contributed by atoms with Gasteiger partial charge in [-0.1, -0.05) is 37.3 Å². The Morgan fingerprint density at radius 3 is 2.30 bits per heavy atom. The second kappa shape index (κ2) is 7.15. The van der Waals surface area contributed by atoms with Crippen LogP contribution in [0.3, 0.4) is 0 Å². The van der Waals surface area contributed by atoms with E-state index in [1.165, 1.54) is 0 Å². The Bertz CT molecular complexity index is 770. The highest BCUT2D eigenvalue weighted by atomic mass is 32.2. The number of hydrogen-bond acceptors (Lipinski definition) is 3. The van der Waals surface area contributed by atoms with Crippen LogP contribution >= 0.6 is 0 Å². The van der Waals surface area contributed by atoms with Crippen molar-refractivity contribution in [2.45, 2.75) is 31.6 Å². The lowest BCUT2D eigenvalue weighted by molar-refractivity contribution is 0.410. The Morgan fingerprint density at radius 1 is 1.04 bits per heavy atom. The van der Waals surface area contributed by atoms with Crippen LogP contribution in [-0.4, -0.2) is 22.1 Å². The minimum absolute atomic E-state index is 0.102. The third-order valence-electron chi connectivity index (χ3n) is 4.15. The summed E-state index contributed by atoms with van der Waals surface area (Å²) in [5.74, 6) is 0.796. The number of methoxy groups -OCH3 is 1. The SMILES string of the molecule is COc1ccc(S(=O)(=O)NC[C@H](C)c2ccccc2)c(C)c1C. The largest absolute Gasteiger partial charge is 0.496 e. The van der Waals surface area contributed by atoms with Crippen LogP contribution in [0.2, 0.25) is 0 Å². The maximum absolute atomic E-state index is 12.6. The Kier molecular flexibility index (Phi) is 5.44. The highest BCUT2D eigenvalue weighted by Gasteiger charge is 2.20. The number of hydrogen-bond donors (Lipinski definition) is 1. The maximum atomic E-state index is 12.6. The fourth-order valence-corrected chi connectivity index (χ4v) is 3.92. The molecule has 0 saturated carbocycles. The standard InChI is InChI=1S/C18H23NO3S/c1-13(16-8-6-5-7-9-16)12-19-23(20,21)18-11-10-17(22-4)14(2)15(18)3/h5-11,13,19H,12H2,1-4H3/t13-/m0/s1. The highest BCUT2D eigenvalue weighted by molar-refractivity contribution is 7.89. The van der Waals surface area contributed by atoms with E-state index in [1.54, 1.807) is 26.2 Å². The summed E-state index contributed by atoms with van der Waals surface area (Å²) in [4.78, 5) is 0.302. The van der Waals surface area contributed by atoms with Crippen molar-refractivity contribution < 1.29 is 13.2 Å². The summed E-state index contributed by atoms with van der Waals surface area (Å²) in [5, 5.41) is 0. The van der Waals surface area contributed by atoms with E-state index in [2.05, 4.69) is 4.72 Å². The fraction of sp³-hybridized carbons (Fsp3) is 0.333. The first-order valence-corrected chi connectivity index (χ1v) is 9.04. The fourth-order valence-electron chi connectivity index (χ4n) is 2.50. The summed E-state index contributed by atoms with van der Waals surface area (Å²) in [6, 6.07) is 13.1. The average Bonchev–Trinajstić information content (AvgIpc) is 2.55. The molecule has 0 heterocycles. The topological polar surface area (TPSA) is 55.4 Å². The van der Waals surface area contributed by atoms with Gasteiger partial charge in [0, 0.05) is 6.54 Å². The van der Waals surface area contributed by atoms with E-state index < -0.39 is 10.0 Å². The molecule has 4 nitrogen and oxygen atoms in total. The minimum Gasteiger partial charge on any atom is -0.496 e. The predicted molar refractivity (Wildman–Crippen MR) is 92.5 cm³/mol. The molecule has 0 aliphatic carbocycles. The Morgan fingerprint density at radius 2 is 1.70 bits per heavy atom. The zero-order valence-electron chi connectivity index (χ0n) is 14.0. The van der Waals surface area contributed by atoms with Gasteiger partial charge in [-0.15, -0.1) is 0 Å². The van der Waals surface area contributed by atoms with Gasteiger partial charge in [-0.25, -0.2) is 13.1 Å². The molecule has 124 valence electrons. The van der Waals surface area contributed by atoms with Crippen LogP contribution in [0.25, 0.3) is 0 Å². The molecule has 0 radical (unpaired) electrons. The second-order valence-electron chi connectivity index (χ2n) is 5.68. The van der Waals surface area contributed by atoms with E-state index in [0.29, 0.717) is 22.8 Å². The summed E-state index contributed by atoms with van der Waals surface area (Å²) in [6.07, 6.45) is 0. The summed E-state index contributed by atoms with van der Waals surface area (Å²) in [7, 11) is -1.97. The first-order valence-electron chi connectivity index (χ1n) is 7.55. The van der Waals surface area contributed by atoms with Gasteiger partial charge in [-0.3, -0.25) is 0 Å². The van der Waals surface area contributed by atoms with Gasteiger partial charge in [0.2, 0.25) is 10.0 Å². The molecule has 0 saturated heterocycles. The Labute approximate surface area is 138 Å². The first kappa shape index (κ1) is 17.5. The van der Waals surface area contributed by atoms with Crippen molar-refractivity contribution in [1.29, 1.82) is 0 Å². The average molecular weight is 333 g/mol. The van der Waals surface area contributed by atoms with Gasteiger partial charge in [0.25, 0.3) is 0 Å². The molecule has 1 atom stereocenters. The Balaban J connectivity index is 2.18. The van der Waals surface area contributed by atoms with Crippen LogP contribution in [0.5, 0.6) is 5.75 Å². The van der Waals surface area contributed by atoms with Gasteiger partial charge in [0.15, 0.2) is 0 Å². The quantitative estimate of drug-likeness (QED) is 0.881. The Hall–Kier alpha value is -1.85. The molecule has 23 heavy (non-hydrogen) atoms. The first-order chi connectivity index (χ1) is 10.9. The normalized spacial score (nSPS) is 12.9. The third kappa shape index (κ3) is 3.92. The monoisotopic (exact) mass is 333 g/mol. The van der Waals surface area contributed by atoms with Gasteiger partial charge in [0.05, 0.1) is 12.0 Å².